The lowest BCUT2D eigenvalue weighted by Crippen LogP contribution is -2.20. The molecule has 3 N–H and O–H groups in total. The Morgan fingerprint density at radius 1 is 1.57 bits per heavy atom. The second kappa shape index (κ2) is 6.36. The minimum Gasteiger partial charge on any atom is -0.378 e. The minimum absolute atomic E-state index is 0.0623. The first-order valence-electron chi connectivity index (χ1n) is 6.60. The summed E-state index contributed by atoms with van der Waals surface area (Å²) in [6.07, 6.45) is 2.04. The van der Waals surface area contributed by atoms with Gasteiger partial charge in [-0.05, 0) is 28.2 Å². The van der Waals surface area contributed by atoms with Crippen molar-refractivity contribution in [3.05, 3.63) is 33.8 Å². The third kappa shape index (κ3) is 2.94. The number of carbonyl (C=O) groups excluding carboxylic acids is 1. The fraction of sp³-hybridized carbons (Fsp3) is 0.167. The molecule has 10 nitrogen and oxygen atoms in total. The van der Waals surface area contributed by atoms with E-state index in [1.807, 2.05) is 24.4 Å². The summed E-state index contributed by atoms with van der Waals surface area (Å²) >= 11 is 1.51. The lowest BCUT2D eigenvalue weighted by atomic mass is 10.2. The number of amides is 1. The molecule has 0 unspecified atom stereocenters. The molecular formula is C12H12N8O2S. The molecular weight excluding hydrogens is 320 g/mol. The first-order chi connectivity index (χ1) is 11.2. The summed E-state index contributed by atoms with van der Waals surface area (Å²) in [5.41, 5.74) is 8.71. The fourth-order valence-corrected chi connectivity index (χ4v) is 2.46. The van der Waals surface area contributed by atoms with Crippen LogP contribution in [0, 0.1) is 0 Å². The second-order valence-electron chi connectivity index (χ2n) is 4.34. The van der Waals surface area contributed by atoms with Crippen LogP contribution in [0.25, 0.3) is 5.82 Å². The molecule has 3 rings (SSSR count). The van der Waals surface area contributed by atoms with Crippen LogP contribution >= 0.6 is 11.3 Å². The van der Waals surface area contributed by atoms with Crippen molar-refractivity contribution in [1.82, 2.24) is 30.7 Å². The van der Waals surface area contributed by atoms with Gasteiger partial charge in [0.25, 0.3) is 5.91 Å². The van der Waals surface area contributed by atoms with E-state index in [-0.39, 0.29) is 17.3 Å². The number of nitrogen functional groups attached to an aromatic ring is 1. The highest BCUT2D eigenvalue weighted by Crippen LogP contribution is 2.16. The number of rotatable bonds is 5. The number of hydrogen-bond donors (Lipinski definition) is 2. The van der Waals surface area contributed by atoms with E-state index >= 15 is 0 Å². The average molecular weight is 332 g/mol. The molecule has 0 fully saturated rings. The van der Waals surface area contributed by atoms with Gasteiger partial charge in [0.05, 0.1) is 11.9 Å². The molecule has 0 bridgehead atoms. The zero-order valence-corrected chi connectivity index (χ0v) is 12.8. The van der Waals surface area contributed by atoms with Crippen molar-refractivity contribution >= 4 is 29.3 Å². The number of nitrogens with one attached hydrogen (secondary N) is 1. The van der Waals surface area contributed by atoms with Crippen molar-refractivity contribution in [3.8, 4) is 5.82 Å². The molecule has 11 heteroatoms. The number of hydrogen-bond acceptors (Lipinski definition) is 9. The second-order valence-corrected chi connectivity index (χ2v) is 5.32. The number of thiophene rings is 1. The van der Waals surface area contributed by atoms with Crippen molar-refractivity contribution in [2.45, 2.75) is 13.3 Å². The van der Waals surface area contributed by atoms with Crippen LogP contribution in [-0.2, 0) is 6.42 Å². The van der Waals surface area contributed by atoms with Crippen LogP contribution in [0.3, 0.4) is 0 Å². The Bertz CT molecular complexity index is 835. The van der Waals surface area contributed by atoms with E-state index in [1.54, 1.807) is 6.21 Å². The fourth-order valence-electron chi connectivity index (χ4n) is 1.88. The van der Waals surface area contributed by atoms with E-state index in [9.17, 15) is 4.79 Å². The zero-order valence-electron chi connectivity index (χ0n) is 12.0. The summed E-state index contributed by atoms with van der Waals surface area (Å²) in [5.74, 6) is -0.223. The van der Waals surface area contributed by atoms with Gasteiger partial charge >= 0.3 is 0 Å². The number of aromatic nitrogens is 5. The van der Waals surface area contributed by atoms with Crippen molar-refractivity contribution < 1.29 is 9.42 Å². The molecule has 3 heterocycles. The van der Waals surface area contributed by atoms with Crippen LogP contribution in [-0.4, -0.2) is 37.4 Å². The van der Waals surface area contributed by atoms with Gasteiger partial charge in [-0.3, -0.25) is 4.79 Å². The lowest BCUT2D eigenvalue weighted by Gasteiger charge is -2.01. The molecule has 3 aromatic heterocycles. The molecule has 0 aliphatic carbocycles. The van der Waals surface area contributed by atoms with Crippen molar-refractivity contribution in [1.29, 1.82) is 0 Å². The van der Waals surface area contributed by atoms with Crippen LogP contribution < -0.4 is 11.2 Å². The zero-order chi connectivity index (χ0) is 16.2. The Morgan fingerprint density at radius 2 is 2.43 bits per heavy atom. The Labute approximate surface area is 133 Å². The molecule has 23 heavy (non-hydrogen) atoms. The Kier molecular flexibility index (Phi) is 4.10. The van der Waals surface area contributed by atoms with Gasteiger partial charge < -0.3 is 5.73 Å². The summed E-state index contributed by atoms with van der Waals surface area (Å²) in [7, 11) is 0. The van der Waals surface area contributed by atoms with Crippen molar-refractivity contribution in [2.24, 2.45) is 5.10 Å². The third-order valence-electron chi connectivity index (χ3n) is 2.91. The van der Waals surface area contributed by atoms with Gasteiger partial charge in [0.2, 0.25) is 11.6 Å². The van der Waals surface area contributed by atoms with Crippen LogP contribution in [0.15, 0.2) is 27.2 Å². The van der Waals surface area contributed by atoms with Crippen LogP contribution in [0.4, 0.5) is 5.82 Å². The molecule has 0 atom stereocenters. The van der Waals surface area contributed by atoms with Gasteiger partial charge in [0.1, 0.15) is 0 Å². The van der Waals surface area contributed by atoms with E-state index < -0.39 is 5.91 Å². The number of nitrogens with two attached hydrogens (primary N) is 1. The molecule has 1 amide bonds. The molecule has 0 aliphatic heterocycles. The molecule has 3 aromatic rings. The SMILES string of the molecule is CCc1c(C(=O)N/N=C/c2cccs2)nnn1-c1nonc1N. The number of nitrogens with zero attached hydrogens (tertiary/aromatic N) is 6. The summed E-state index contributed by atoms with van der Waals surface area (Å²) in [6.45, 7) is 1.85. The van der Waals surface area contributed by atoms with Gasteiger partial charge in [-0.2, -0.15) is 9.78 Å². The van der Waals surface area contributed by atoms with Gasteiger partial charge in [-0.15, -0.1) is 16.4 Å². The molecule has 0 aromatic carbocycles. The normalized spacial score (nSPS) is 11.2. The van der Waals surface area contributed by atoms with E-state index in [1.165, 1.54) is 16.0 Å². The van der Waals surface area contributed by atoms with Crippen LogP contribution in [0.2, 0.25) is 0 Å². The average Bonchev–Trinajstić information content (AvgIpc) is 3.26. The highest BCUT2D eigenvalue weighted by atomic mass is 32.1. The third-order valence-corrected chi connectivity index (χ3v) is 3.72. The smallest absolute Gasteiger partial charge is 0.293 e. The molecule has 0 saturated heterocycles. The first-order valence-corrected chi connectivity index (χ1v) is 7.48. The quantitative estimate of drug-likeness (QED) is 0.516. The van der Waals surface area contributed by atoms with E-state index in [0.717, 1.165) is 4.88 Å². The minimum atomic E-state index is -0.476. The van der Waals surface area contributed by atoms with E-state index in [0.29, 0.717) is 12.1 Å². The highest BCUT2D eigenvalue weighted by Gasteiger charge is 2.22. The summed E-state index contributed by atoms with van der Waals surface area (Å²) < 4.78 is 5.86. The van der Waals surface area contributed by atoms with E-state index in [4.69, 9.17) is 5.73 Å². The molecule has 0 radical (unpaired) electrons. The predicted octanol–water partition coefficient (Wildman–Crippen LogP) is 0.620. The Balaban J connectivity index is 1.81. The number of anilines is 1. The lowest BCUT2D eigenvalue weighted by molar-refractivity contribution is 0.0949. The van der Waals surface area contributed by atoms with Crippen molar-refractivity contribution in [3.63, 3.8) is 0 Å². The molecule has 0 spiro atoms. The number of hydrazone groups is 1. The van der Waals surface area contributed by atoms with Crippen molar-refractivity contribution in [2.75, 3.05) is 5.73 Å². The highest BCUT2D eigenvalue weighted by molar-refractivity contribution is 7.11. The molecule has 0 saturated carbocycles. The van der Waals surface area contributed by atoms with Crippen LogP contribution in [0.1, 0.15) is 28.0 Å². The standard InChI is InChI=1S/C12H12N8O2S/c1-2-8-9(12(21)16-14-6-7-4-3-5-23-7)15-19-20(8)11-10(13)17-22-18-11/h3-6H,2H2,1H3,(H2,13,17)(H,16,21)/b14-6+. The maximum atomic E-state index is 12.2. The first kappa shape index (κ1) is 14.8. The van der Waals surface area contributed by atoms with Gasteiger partial charge in [0.15, 0.2) is 5.69 Å². The Morgan fingerprint density at radius 3 is 3.09 bits per heavy atom. The summed E-state index contributed by atoms with van der Waals surface area (Å²) in [5, 5.41) is 20.7. The largest absolute Gasteiger partial charge is 0.378 e. The Hall–Kier alpha value is -3.08. The number of carbonyl (C=O) groups is 1. The van der Waals surface area contributed by atoms with Crippen LogP contribution in [0.5, 0.6) is 0 Å². The molecule has 118 valence electrons. The van der Waals surface area contributed by atoms with E-state index in [2.05, 4.69) is 35.8 Å². The topological polar surface area (TPSA) is 137 Å². The maximum Gasteiger partial charge on any atom is 0.293 e. The predicted molar refractivity (Wildman–Crippen MR) is 82.4 cm³/mol. The molecule has 0 aliphatic rings. The van der Waals surface area contributed by atoms with Gasteiger partial charge in [-0.1, -0.05) is 18.2 Å². The monoisotopic (exact) mass is 332 g/mol. The maximum absolute atomic E-state index is 12.2. The van der Waals surface area contributed by atoms with Gasteiger partial charge in [-0.25, -0.2) is 10.1 Å². The summed E-state index contributed by atoms with van der Waals surface area (Å²) in [4.78, 5) is 13.1. The summed E-state index contributed by atoms with van der Waals surface area (Å²) in [6, 6.07) is 3.78. The van der Waals surface area contributed by atoms with Gasteiger partial charge in [0, 0.05) is 4.88 Å².